The minimum absolute atomic E-state index is 0. The molecule has 8 nitrogen and oxygen atoms in total. The highest BCUT2D eigenvalue weighted by atomic mass is 17.2. The van der Waals surface area contributed by atoms with Gasteiger partial charge in [0, 0.05) is 23.8 Å². The average molecular weight is 403 g/mol. The predicted molar refractivity (Wildman–Crippen MR) is 118 cm³/mol. The summed E-state index contributed by atoms with van der Waals surface area (Å²) in [4.78, 5) is 23.7. The van der Waals surface area contributed by atoms with Crippen molar-refractivity contribution >= 4 is 0 Å². The van der Waals surface area contributed by atoms with E-state index in [9.17, 15) is 0 Å². The fourth-order valence-corrected chi connectivity index (χ4v) is 2.31. The highest BCUT2D eigenvalue weighted by Crippen LogP contribution is 2.23. The topological polar surface area (TPSA) is 125 Å². The fourth-order valence-electron chi connectivity index (χ4n) is 2.31. The van der Waals surface area contributed by atoms with Crippen LogP contribution in [0.15, 0.2) is 66.3 Å². The van der Waals surface area contributed by atoms with Crippen LogP contribution in [0.4, 0.5) is 0 Å². The lowest BCUT2D eigenvalue weighted by Gasteiger charge is -1.95. The Morgan fingerprint density at radius 1 is 0.724 bits per heavy atom. The molecule has 0 aliphatic heterocycles. The van der Waals surface area contributed by atoms with Crippen LogP contribution in [-0.2, 0) is 4.99 Å². The monoisotopic (exact) mass is 402 g/mol. The normalized spacial score (nSPS) is 8.52. The van der Waals surface area contributed by atoms with Crippen molar-refractivity contribution in [2.24, 2.45) is 5.34 Å². The highest BCUT2D eigenvalue weighted by molar-refractivity contribution is 5.64. The minimum atomic E-state index is 0. The van der Waals surface area contributed by atoms with Gasteiger partial charge >= 0.3 is 0 Å². The zero-order valence-electron chi connectivity index (χ0n) is 14.4. The molecule has 160 valence electrons. The number of aromatic amines is 4. The number of aromatic nitrogens is 4. The second-order valence-electron chi connectivity index (χ2n) is 5.43. The van der Waals surface area contributed by atoms with E-state index in [1.54, 1.807) is 0 Å². The molecule has 0 saturated carbocycles. The molecule has 0 aliphatic carbocycles. The first-order valence-corrected chi connectivity index (χ1v) is 7.84. The van der Waals surface area contributed by atoms with Crippen LogP contribution in [-0.4, -0.2) is 19.9 Å². The van der Waals surface area contributed by atoms with Crippen LogP contribution in [0.2, 0.25) is 0 Å². The van der Waals surface area contributed by atoms with E-state index in [1.807, 2.05) is 24.5 Å². The van der Waals surface area contributed by atoms with E-state index in [0.29, 0.717) is 0 Å². The molecule has 0 atom stereocenters. The summed E-state index contributed by atoms with van der Waals surface area (Å²) in [5, 5.41) is 9.75. The molecule has 0 saturated heterocycles. The Balaban J connectivity index is 0. The molecule has 0 aromatic carbocycles. The van der Waals surface area contributed by atoms with Gasteiger partial charge in [-0.25, -0.2) is 0 Å². The molecule has 0 bridgehead atoms. The zero-order chi connectivity index (χ0) is 18.8. The van der Waals surface area contributed by atoms with Crippen molar-refractivity contribution in [2.45, 2.75) is 36.1 Å². The Morgan fingerprint density at radius 2 is 1.07 bits per heavy atom. The first-order valence-electron chi connectivity index (χ1n) is 7.84. The summed E-state index contributed by atoms with van der Waals surface area (Å²) < 4.78 is 0. The summed E-state index contributed by atoms with van der Waals surface area (Å²) in [5.41, 5.74) is 6.81. The Hall–Kier alpha value is -3.52. The molecule has 0 radical (unpaired) electrons. The van der Waals surface area contributed by atoms with Gasteiger partial charge in [0.15, 0.2) is 0 Å². The summed E-state index contributed by atoms with van der Waals surface area (Å²) in [6, 6.07) is 16.4. The van der Waals surface area contributed by atoms with Crippen molar-refractivity contribution in [3.8, 4) is 22.8 Å². The van der Waals surface area contributed by atoms with Gasteiger partial charge in [0.2, 0.25) is 0 Å². The van der Waals surface area contributed by atoms with Crippen LogP contribution in [0, 0.1) is 18.8 Å². The number of rotatable bonds is 3. The third kappa shape index (κ3) is 8.81. The second-order valence-corrected chi connectivity index (χ2v) is 5.43. The van der Waals surface area contributed by atoms with Gasteiger partial charge in [-0.2, -0.15) is 0 Å². The summed E-state index contributed by atoms with van der Waals surface area (Å²) in [6.07, 6.45) is 3.75. The summed E-state index contributed by atoms with van der Waals surface area (Å²) in [7, 11) is 0. The lowest BCUT2D eigenvalue weighted by atomic mass is 10.3. The molecule has 4 heterocycles. The van der Waals surface area contributed by atoms with Crippen molar-refractivity contribution in [3.05, 3.63) is 77.2 Å². The van der Waals surface area contributed by atoms with Crippen molar-refractivity contribution in [3.63, 3.8) is 0 Å². The van der Waals surface area contributed by atoms with Crippen molar-refractivity contribution < 1.29 is 10.2 Å². The SMILES string of the molecule is C.C.C.Cc1ccc(-c2ccc(-c3ccc(C)[nH]3)[nH]2)[nH]1.O=NO[O-].c1cc[nH]c1. The Morgan fingerprint density at radius 3 is 1.31 bits per heavy atom. The number of nitrogens with zero attached hydrogens (tertiary/aromatic N) is 1. The molecule has 0 fully saturated rings. The molecule has 4 aromatic rings. The lowest BCUT2D eigenvalue weighted by molar-refractivity contribution is -0.692. The molecular formula is C21H32N5O3-. The Labute approximate surface area is 172 Å². The smallest absolute Gasteiger partial charge is 0.149 e. The van der Waals surface area contributed by atoms with E-state index < -0.39 is 0 Å². The molecular weight excluding hydrogens is 370 g/mol. The molecule has 0 spiro atoms. The van der Waals surface area contributed by atoms with E-state index in [2.05, 4.69) is 75.2 Å². The van der Waals surface area contributed by atoms with Crippen LogP contribution in [0.5, 0.6) is 0 Å². The summed E-state index contributed by atoms with van der Waals surface area (Å²) in [5.74, 6) is 0. The number of hydrogen-bond donors (Lipinski definition) is 4. The summed E-state index contributed by atoms with van der Waals surface area (Å²) >= 11 is 0. The average Bonchev–Trinajstić information content (AvgIpc) is 3.42. The first kappa shape index (κ1) is 27.7. The molecule has 8 heteroatoms. The zero-order valence-corrected chi connectivity index (χ0v) is 14.4. The molecule has 0 amide bonds. The minimum Gasteiger partial charge on any atom is -0.635 e. The van der Waals surface area contributed by atoms with E-state index >= 15 is 0 Å². The molecule has 4 rings (SSSR count). The first-order chi connectivity index (χ1) is 12.6. The molecule has 0 unspecified atom stereocenters. The van der Waals surface area contributed by atoms with Crippen LogP contribution in [0.25, 0.3) is 22.8 Å². The number of aryl methyl sites for hydroxylation is 2. The van der Waals surface area contributed by atoms with Gasteiger partial charge in [-0.15, -0.1) is 4.91 Å². The van der Waals surface area contributed by atoms with Gasteiger partial charge in [-0.05, 0) is 62.4 Å². The van der Waals surface area contributed by atoms with Gasteiger partial charge in [0.05, 0.1) is 22.8 Å². The molecule has 0 aliphatic rings. The Kier molecular flexibility index (Phi) is 13.9. The van der Waals surface area contributed by atoms with E-state index in [-0.39, 0.29) is 22.3 Å². The van der Waals surface area contributed by atoms with Gasteiger partial charge in [-0.3, -0.25) is 0 Å². The van der Waals surface area contributed by atoms with Crippen LogP contribution in [0.3, 0.4) is 0 Å². The van der Waals surface area contributed by atoms with Crippen LogP contribution in [0.1, 0.15) is 33.7 Å². The summed E-state index contributed by atoms with van der Waals surface area (Å²) in [6.45, 7) is 4.11. The standard InChI is InChI=1S/C14H15N3.C4H5N.3CH4.HNO3/c1-9-3-5-11(15-9)13-7-8-14(17-13)12-6-4-10(2)16-12;1-2-4-5-3-1;;;;2-1-4-3/h3-8,15-17H,1-2H3;1-5H;3*1H4;3H/p-1. The number of hydrogen-bond acceptors (Lipinski definition) is 4. The highest BCUT2D eigenvalue weighted by Gasteiger charge is 2.05. The maximum atomic E-state index is 8.39. The van der Waals surface area contributed by atoms with E-state index in [1.165, 1.54) is 16.7 Å². The van der Waals surface area contributed by atoms with Crippen molar-refractivity contribution in [1.29, 1.82) is 0 Å². The van der Waals surface area contributed by atoms with Gasteiger partial charge in [-0.1, -0.05) is 22.3 Å². The van der Waals surface area contributed by atoms with Crippen LogP contribution < -0.4 is 5.26 Å². The van der Waals surface area contributed by atoms with Crippen LogP contribution >= 0.6 is 0 Å². The quantitative estimate of drug-likeness (QED) is 0.205. The van der Waals surface area contributed by atoms with Crippen molar-refractivity contribution in [2.75, 3.05) is 0 Å². The number of nitrogens with one attached hydrogen (secondary N) is 4. The van der Waals surface area contributed by atoms with E-state index in [4.69, 9.17) is 10.2 Å². The predicted octanol–water partition coefficient (Wildman–Crippen LogP) is 5.50. The maximum absolute atomic E-state index is 8.39. The molecule has 29 heavy (non-hydrogen) atoms. The van der Waals surface area contributed by atoms with Gasteiger partial charge in [0.1, 0.15) is 5.34 Å². The largest absolute Gasteiger partial charge is 0.635 e. The Bertz CT molecular complexity index is 819. The third-order valence-electron chi connectivity index (χ3n) is 3.46. The van der Waals surface area contributed by atoms with Crippen molar-refractivity contribution in [1.82, 2.24) is 19.9 Å². The van der Waals surface area contributed by atoms with Gasteiger partial charge < -0.3 is 30.2 Å². The molecule has 4 aromatic heterocycles. The van der Waals surface area contributed by atoms with Gasteiger partial charge in [0.25, 0.3) is 0 Å². The lowest BCUT2D eigenvalue weighted by Crippen LogP contribution is -1.94. The third-order valence-corrected chi connectivity index (χ3v) is 3.46. The second kappa shape index (κ2) is 14.5. The molecule has 4 N–H and O–H groups in total. The fraction of sp³-hybridized carbons (Fsp3) is 0.238. The van der Waals surface area contributed by atoms with E-state index in [0.717, 1.165) is 22.8 Å². The maximum Gasteiger partial charge on any atom is 0.149 e. The number of H-pyrrole nitrogens is 4.